The predicted octanol–water partition coefficient (Wildman–Crippen LogP) is 1.03. The largest absolute Gasteiger partial charge is 0.383 e. The maximum absolute atomic E-state index is 4.94. The summed E-state index contributed by atoms with van der Waals surface area (Å²) in [5, 5.41) is 9.99. The Morgan fingerprint density at radius 2 is 2.12 bits per heavy atom. The molecule has 0 aliphatic heterocycles. The van der Waals surface area contributed by atoms with E-state index in [1.54, 1.807) is 18.4 Å². The fourth-order valence-electron chi connectivity index (χ4n) is 1.28. The Morgan fingerprint density at radius 3 is 2.81 bits per heavy atom. The first-order chi connectivity index (χ1) is 7.86. The Labute approximate surface area is 101 Å². The van der Waals surface area contributed by atoms with E-state index in [-0.39, 0.29) is 0 Å². The molecule has 1 heterocycles. The van der Waals surface area contributed by atoms with Gasteiger partial charge in [0.15, 0.2) is 0 Å². The Bertz CT molecular complexity index is 278. The number of thiazole rings is 1. The molecule has 1 aromatic heterocycles. The highest BCUT2D eigenvalue weighted by molar-refractivity contribution is 7.09. The van der Waals surface area contributed by atoms with Crippen LogP contribution in [0.1, 0.15) is 17.6 Å². The highest BCUT2D eigenvalue weighted by atomic mass is 32.1. The third-order valence-corrected chi connectivity index (χ3v) is 3.21. The Morgan fingerprint density at radius 1 is 1.31 bits per heavy atom. The number of hydrogen-bond donors (Lipinski definition) is 2. The van der Waals surface area contributed by atoms with Gasteiger partial charge in [-0.25, -0.2) is 4.98 Å². The molecule has 4 nitrogen and oxygen atoms in total. The smallest absolute Gasteiger partial charge is 0.0926 e. The topological polar surface area (TPSA) is 46.2 Å². The summed E-state index contributed by atoms with van der Waals surface area (Å²) in [5.74, 6) is 0. The van der Waals surface area contributed by atoms with E-state index in [1.165, 1.54) is 5.01 Å². The fraction of sp³-hybridized carbons (Fsp3) is 0.727. The Kier molecular flexibility index (Phi) is 7.33. The van der Waals surface area contributed by atoms with Gasteiger partial charge < -0.3 is 15.4 Å². The quantitative estimate of drug-likeness (QED) is 0.636. The Hall–Kier alpha value is -0.490. The van der Waals surface area contributed by atoms with Gasteiger partial charge in [0.2, 0.25) is 0 Å². The van der Waals surface area contributed by atoms with Crippen molar-refractivity contribution >= 4 is 11.3 Å². The van der Waals surface area contributed by atoms with Crippen molar-refractivity contribution in [2.75, 3.05) is 33.4 Å². The van der Waals surface area contributed by atoms with Crippen LogP contribution in [0.25, 0.3) is 0 Å². The minimum Gasteiger partial charge on any atom is -0.383 e. The third-order valence-electron chi connectivity index (χ3n) is 2.17. The van der Waals surface area contributed by atoms with Crippen molar-refractivity contribution in [3.05, 3.63) is 16.1 Å². The molecule has 0 saturated carbocycles. The second-order valence-electron chi connectivity index (χ2n) is 3.51. The molecule has 0 spiro atoms. The van der Waals surface area contributed by atoms with Gasteiger partial charge in [0.1, 0.15) is 0 Å². The van der Waals surface area contributed by atoms with Crippen molar-refractivity contribution in [1.29, 1.82) is 0 Å². The maximum atomic E-state index is 4.94. The van der Waals surface area contributed by atoms with Gasteiger partial charge in [-0.2, -0.15) is 0 Å². The third kappa shape index (κ3) is 5.55. The van der Waals surface area contributed by atoms with E-state index in [0.29, 0.717) is 0 Å². The van der Waals surface area contributed by atoms with Crippen molar-refractivity contribution in [3.8, 4) is 0 Å². The molecule has 0 fully saturated rings. The van der Waals surface area contributed by atoms with Gasteiger partial charge in [0, 0.05) is 38.7 Å². The van der Waals surface area contributed by atoms with Crippen molar-refractivity contribution in [3.63, 3.8) is 0 Å². The first-order valence-corrected chi connectivity index (χ1v) is 6.58. The SMILES string of the molecule is CCc1nc(CNCCNCCOC)cs1. The summed E-state index contributed by atoms with van der Waals surface area (Å²) in [6, 6.07) is 0. The number of methoxy groups -OCH3 is 1. The van der Waals surface area contributed by atoms with E-state index in [1.807, 2.05) is 0 Å². The van der Waals surface area contributed by atoms with E-state index in [4.69, 9.17) is 4.74 Å². The molecule has 1 rings (SSSR count). The second kappa shape index (κ2) is 8.64. The molecular weight excluding hydrogens is 222 g/mol. The van der Waals surface area contributed by atoms with Gasteiger partial charge in [-0.1, -0.05) is 6.92 Å². The van der Waals surface area contributed by atoms with Crippen LogP contribution in [0.3, 0.4) is 0 Å². The highest BCUT2D eigenvalue weighted by Crippen LogP contribution is 2.09. The van der Waals surface area contributed by atoms with Gasteiger partial charge in [-0.05, 0) is 6.42 Å². The van der Waals surface area contributed by atoms with Crippen molar-refractivity contribution in [2.45, 2.75) is 19.9 Å². The van der Waals surface area contributed by atoms with Crippen LogP contribution in [0.4, 0.5) is 0 Å². The predicted molar refractivity (Wildman–Crippen MR) is 67.9 cm³/mol. The van der Waals surface area contributed by atoms with Crippen LogP contribution in [0.2, 0.25) is 0 Å². The molecule has 0 amide bonds. The van der Waals surface area contributed by atoms with Gasteiger partial charge in [-0.3, -0.25) is 0 Å². The summed E-state index contributed by atoms with van der Waals surface area (Å²) in [6.45, 7) is 6.61. The van der Waals surface area contributed by atoms with Gasteiger partial charge in [-0.15, -0.1) is 11.3 Å². The zero-order valence-electron chi connectivity index (χ0n) is 10.1. The lowest BCUT2D eigenvalue weighted by Crippen LogP contribution is -2.29. The van der Waals surface area contributed by atoms with Crippen LogP contribution in [0, 0.1) is 0 Å². The van der Waals surface area contributed by atoms with E-state index >= 15 is 0 Å². The maximum Gasteiger partial charge on any atom is 0.0926 e. The first kappa shape index (κ1) is 13.6. The van der Waals surface area contributed by atoms with Crippen molar-refractivity contribution in [1.82, 2.24) is 15.6 Å². The normalized spacial score (nSPS) is 10.9. The van der Waals surface area contributed by atoms with Crippen LogP contribution in [0.15, 0.2) is 5.38 Å². The highest BCUT2D eigenvalue weighted by Gasteiger charge is 1.98. The summed E-state index contributed by atoms with van der Waals surface area (Å²) in [5.41, 5.74) is 1.15. The summed E-state index contributed by atoms with van der Waals surface area (Å²) in [7, 11) is 1.72. The monoisotopic (exact) mass is 243 g/mol. The summed E-state index contributed by atoms with van der Waals surface area (Å²) in [4.78, 5) is 4.49. The minimum absolute atomic E-state index is 0.770. The number of hydrogen-bond acceptors (Lipinski definition) is 5. The first-order valence-electron chi connectivity index (χ1n) is 5.70. The van der Waals surface area contributed by atoms with Crippen LogP contribution in [-0.2, 0) is 17.7 Å². The molecule has 0 radical (unpaired) electrons. The van der Waals surface area contributed by atoms with Gasteiger partial charge in [0.25, 0.3) is 0 Å². The molecule has 5 heteroatoms. The molecule has 0 aliphatic rings. The standard InChI is InChI=1S/C11H21N3OS/c1-3-11-14-10(9-16-11)8-13-5-4-12-6-7-15-2/h9,12-13H,3-8H2,1-2H3. The molecule has 92 valence electrons. The lowest BCUT2D eigenvalue weighted by atomic mass is 10.4. The average molecular weight is 243 g/mol. The van der Waals surface area contributed by atoms with Gasteiger partial charge in [0.05, 0.1) is 17.3 Å². The van der Waals surface area contributed by atoms with Crippen LogP contribution < -0.4 is 10.6 Å². The zero-order valence-corrected chi connectivity index (χ0v) is 10.9. The van der Waals surface area contributed by atoms with Crippen molar-refractivity contribution < 1.29 is 4.74 Å². The number of aromatic nitrogens is 1. The van der Waals surface area contributed by atoms with E-state index in [2.05, 4.69) is 27.9 Å². The molecule has 0 atom stereocenters. The number of rotatable bonds is 9. The van der Waals surface area contributed by atoms with Crippen LogP contribution in [0.5, 0.6) is 0 Å². The van der Waals surface area contributed by atoms with E-state index in [9.17, 15) is 0 Å². The molecule has 1 aromatic rings. The van der Waals surface area contributed by atoms with E-state index < -0.39 is 0 Å². The molecule has 2 N–H and O–H groups in total. The molecule has 0 unspecified atom stereocenters. The fourth-order valence-corrected chi connectivity index (χ4v) is 2.03. The zero-order chi connectivity index (χ0) is 11.6. The number of aryl methyl sites for hydroxylation is 1. The average Bonchev–Trinajstić information content (AvgIpc) is 2.76. The second-order valence-corrected chi connectivity index (χ2v) is 4.45. The molecule has 0 aliphatic carbocycles. The van der Waals surface area contributed by atoms with Crippen LogP contribution >= 0.6 is 11.3 Å². The summed E-state index contributed by atoms with van der Waals surface area (Å²) in [6.07, 6.45) is 1.03. The minimum atomic E-state index is 0.770. The lowest BCUT2D eigenvalue weighted by Gasteiger charge is -2.04. The molecule has 0 bridgehead atoms. The molecule has 0 saturated heterocycles. The summed E-state index contributed by atoms with van der Waals surface area (Å²) < 4.78 is 4.94. The Balaban J connectivity index is 1.98. The molecule has 0 aromatic carbocycles. The molecule has 16 heavy (non-hydrogen) atoms. The number of ether oxygens (including phenoxy) is 1. The number of nitrogens with zero attached hydrogens (tertiary/aromatic N) is 1. The van der Waals surface area contributed by atoms with E-state index in [0.717, 1.165) is 44.9 Å². The van der Waals surface area contributed by atoms with Crippen molar-refractivity contribution in [2.24, 2.45) is 0 Å². The lowest BCUT2D eigenvalue weighted by molar-refractivity contribution is 0.199. The van der Waals surface area contributed by atoms with Crippen LogP contribution in [-0.4, -0.2) is 38.3 Å². The number of nitrogens with one attached hydrogen (secondary N) is 2. The van der Waals surface area contributed by atoms with Gasteiger partial charge >= 0.3 is 0 Å². The molecular formula is C11H21N3OS. The summed E-state index contributed by atoms with van der Waals surface area (Å²) >= 11 is 1.74.